The van der Waals surface area contributed by atoms with Crippen LogP contribution in [0.1, 0.15) is 0 Å². The van der Waals surface area contributed by atoms with Gasteiger partial charge in [-0.25, -0.2) is 4.79 Å². The van der Waals surface area contributed by atoms with Crippen LogP contribution in [0.5, 0.6) is 0 Å². The Hall–Kier alpha value is 1.30. The van der Waals surface area contributed by atoms with Gasteiger partial charge in [0.1, 0.15) is 0 Å². The van der Waals surface area contributed by atoms with E-state index in [1.807, 2.05) is 0 Å². The molecular formula is C3HCl7O3. The van der Waals surface area contributed by atoms with Crippen molar-refractivity contribution in [2.75, 3.05) is 0 Å². The largest absolute Gasteiger partial charge is 0.515 e. The van der Waals surface area contributed by atoms with Crippen LogP contribution in [-0.2, 0) is 9.47 Å². The Morgan fingerprint density at radius 2 is 1.08 bits per heavy atom. The van der Waals surface area contributed by atoms with Crippen molar-refractivity contribution in [1.29, 1.82) is 0 Å². The minimum Gasteiger partial charge on any atom is -0.382 e. The Bertz CT molecular complexity index is 151. The zero-order chi connectivity index (χ0) is 9.99. The molecule has 0 aliphatic rings. The summed E-state index contributed by atoms with van der Waals surface area (Å²) in [7, 11) is 0. The van der Waals surface area contributed by atoms with Crippen LogP contribution in [0.15, 0.2) is 0 Å². The molecule has 0 aromatic heterocycles. The molecule has 0 aliphatic carbocycles. The molecule has 0 radical (unpaired) electrons. The van der Waals surface area contributed by atoms with E-state index in [0.717, 1.165) is 0 Å². The lowest BCUT2D eigenvalue weighted by atomic mass is 11.3. The molecule has 0 N–H and O–H groups in total. The van der Waals surface area contributed by atoms with Gasteiger partial charge in [-0.15, -0.1) is 12.4 Å². The SMILES string of the molecule is Cl.O=C(OC(Cl)(Cl)Cl)OC(Cl)(Cl)Cl. The first kappa shape index (κ1) is 16.7. The summed E-state index contributed by atoms with van der Waals surface area (Å²) in [6, 6.07) is 0. The molecule has 80 valence electrons. The number of hydrogen-bond acceptors (Lipinski definition) is 3. The average molecular weight is 333 g/mol. The van der Waals surface area contributed by atoms with Gasteiger partial charge in [-0.3, -0.25) is 0 Å². The van der Waals surface area contributed by atoms with Crippen LogP contribution in [0.25, 0.3) is 0 Å². The van der Waals surface area contributed by atoms with Crippen molar-refractivity contribution < 1.29 is 14.3 Å². The fraction of sp³-hybridized carbons (Fsp3) is 0.667. The third-order valence-electron chi connectivity index (χ3n) is 0.398. The van der Waals surface area contributed by atoms with Crippen LogP contribution >= 0.6 is 82.0 Å². The second-order valence-corrected chi connectivity index (χ2v) is 5.70. The zero-order valence-electron chi connectivity index (χ0n) is 5.40. The predicted molar refractivity (Wildman–Crippen MR) is 55.4 cm³/mol. The van der Waals surface area contributed by atoms with Crippen molar-refractivity contribution in [2.24, 2.45) is 0 Å². The average Bonchev–Trinajstić information content (AvgIpc) is 1.49. The van der Waals surface area contributed by atoms with E-state index in [1.54, 1.807) is 0 Å². The summed E-state index contributed by atoms with van der Waals surface area (Å²) in [5.74, 6) is 0. The van der Waals surface area contributed by atoms with Gasteiger partial charge in [0.2, 0.25) is 0 Å². The van der Waals surface area contributed by atoms with Gasteiger partial charge in [-0.05, 0) is 69.6 Å². The number of carbonyl (C=O) groups excluding carboxylic acids is 1. The molecule has 0 aliphatic heterocycles. The van der Waals surface area contributed by atoms with Crippen LogP contribution in [0.4, 0.5) is 4.79 Å². The first-order valence-corrected chi connectivity index (χ1v) is 4.42. The second-order valence-electron chi connectivity index (χ2n) is 1.35. The first-order valence-electron chi connectivity index (χ1n) is 2.15. The molecule has 0 fully saturated rings. The number of alkyl halides is 6. The quantitative estimate of drug-likeness (QED) is 0.492. The van der Waals surface area contributed by atoms with E-state index >= 15 is 0 Å². The Balaban J connectivity index is 0. The molecule has 10 heteroatoms. The van der Waals surface area contributed by atoms with Crippen LogP contribution in [0.3, 0.4) is 0 Å². The number of halogens is 7. The van der Waals surface area contributed by atoms with Crippen molar-refractivity contribution in [2.45, 2.75) is 7.96 Å². The minimum atomic E-state index is -2.24. The monoisotopic (exact) mass is 330 g/mol. The van der Waals surface area contributed by atoms with E-state index in [1.165, 1.54) is 0 Å². The first-order chi connectivity index (χ1) is 5.10. The van der Waals surface area contributed by atoms with Crippen molar-refractivity contribution in [3.05, 3.63) is 0 Å². The molecule has 0 amide bonds. The Morgan fingerprint density at radius 3 is 1.23 bits per heavy atom. The third kappa shape index (κ3) is 13.3. The molecule has 3 nitrogen and oxygen atoms in total. The molecule has 0 bridgehead atoms. The highest BCUT2D eigenvalue weighted by molar-refractivity contribution is 6.67. The smallest absolute Gasteiger partial charge is 0.382 e. The van der Waals surface area contributed by atoms with Gasteiger partial charge in [0.15, 0.2) is 0 Å². The number of ether oxygens (including phenoxy) is 2. The Morgan fingerprint density at radius 1 is 0.846 bits per heavy atom. The van der Waals surface area contributed by atoms with Crippen molar-refractivity contribution in [3.8, 4) is 0 Å². The minimum absolute atomic E-state index is 0. The predicted octanol–water partition coefficient (Wildman–Crippen LogP) is 4.22. The van der Waals surface area contributed by atoms with Crippen LogP contribution < -0.4 is 0 Å². The van der Waals surface area contributed by atoms with E-state index in [0.29, 0.717) is 0 Å². The molecule has 0 saturated heterocycles. The summed E-state index contributed by atoms with van der Waals surface area (Å²) in [6.45, 7) is 0. The summed E-state index contributed by atoms with van der Waals surface area (Å²) in [5, 5.41) is 0. The molecule has 0 unspecified atom stereocenters. The summed E-state index contributed by atoms with van der Waals surface area (Å²) >= 11 is 30.2. The van der Waals surface area contributed by atoms with E-state index in [4.69, 9.17) is 69.6 Å². The lowest BCUT2D eigenvalue weighted by Gasteiger charge is -2.15. The van der Waals surface area contributed by atoms with Gasteiger partial charge >= 0.3 is 14.1 Å². The maximum atomic E-state index is 10.5. The fourth-order valence-corrected chi connectivity index (χ4v) is 0.588. The van der Waals surface area contributed by atoms with Gasteiger partial charge in [0, 0.05) is 0 Å². The van der Waals surface area contributed by atoms with Crippen molar-refractivity contribution >= 4 is 88.2 Å². The van der Waals surface area contributed by atoms with Gasteiger partial charge in [-0.1, -0.05) is 0 Å². The van der Waals surface area contributed by atoms with Gasteiger partial charge < -0.3 is 9.47 Å². The van der Waals surface area contributed by atoms with Gasteiger partial charge in [0.25, 0.3) is 0 Å². The van der Waals surface area contributed by atoms with E-state index in [2.05, 4.69) is 9.47 Å². The summed E-state index contributed by atoms with van der Waals surface area (Å²) in [4.78, 5) is 10.5. The molecule has 0 aromatic rings. The molecule has 0 rings (SSSR count). The lowest BCUT2D eigenvalue weighted by Crippen LogP contribution is -2.22. The summed E-state index contributed by atoms with van der Waals surface area (Å²) in [6.07, 6.45) is -1.41. The third-order valence-corrected chi connectivity index (χ3v) is 0.861. The molecule has 0 aromatic carbocycles. The Kier molecular flexibility index (Phi) is 7.73. The standard InChI is InChI=1S/C3Cl6O3.ClH/c4-2(5,6)11-1(10)12-3(7,8)9;/h;1H. The van der Waals surface area contributed by atoms with Crippen LogP contribution in [0.2, 0.25) is 0 Å². The number of hydrogen-bond donors (Lipinski definition) is 0. The second kappa shape index (κ2) is 6.01. The number of carbonyl (C=O) groups is 1. The zero-order valence-corrected chi connectivity index (χ0v) is 10.8. The van der Waals surface area contributed by atoms with Crippen LogP contribution in [-0.4, -0.2) is 14.1 Å². The highest BCUT2D eigenvalue weighted by atomic mass is 35.6. The molecule has 13 heavy (non-hydrogen) atoms. The fourth-order valence-electron chi connectivity index (χ4n) is 0.210. The molecule has 0 heterocycles. The summed E-state index contributed by atoms with van der Waals surface area (Å²) in [5.41, 5.74) is 0. The van der Waals surface area contributed by atoms with Gasteiger partial charge in [-0.2, -0.15) is 0 Å². The number of rotatable bonds is 0. The highest BCUT2D eigenvalue weighted by Crippen LogP contribution is 2.32. The van der Waals surface area contributed by atoms with Crippen LogP contribution in [0, 0.1) is 0 Å². The summed E-state index contributed by atoms with van der Waals surface area (Å²) < 4.78 is 3.50. The maximum Gasteiger partial charge on any atom is 0.515 e. The van der Waals surface area contributed by atoms with E-state index < -0.39 is 14.1 Å². The van der Waals surface area contributed by atoms with E-state index in [-0.39, 0.29) is 12.4 Å². The lowest BCUT2D eigenvalue weighted by molar-refractivity contribution is 0.0508. The molecule has 0 atom stereocenters. The van der Waals surface area contributed by atoms with E-state index in [9.17, 15) is 4.79 Å². The normalized spacial score (nSPS) is 11.5. The maximum absolute atomic E-state index is 10.5. The molecular weight excluding hydrogens is 332 g/mol. The molecule has 0 spiro atoms. The topological polar surface area (TPSA) is 35.5 Å². The van der Waals surface area contributed by atoms with Crippen molar-refractivity contribution in [1.82, 2.24) is 0 Å². The Labute approximate surface area is 110 Å². The van der Waals surface area contributed by atoms with Crippen molar-refractivity contribution in [3.63, 3.8) is 0 Å². The van der Waals surface area contributed by atoms with Gasteiger partial charge in [0.05, 0.1) is 0 Å². The molecule has 0 saturated carbocycles. The highest BCUT2D eigenvalue weighted by Gasteiger charge is 2.32.